The van der Waals surface area contributed by atoms with Gasteiger partial charge in [-0.1, -0.05) is 76.6 Å². The molecule has 1 heterocycles. The molecule has 0 bridgehead atoms. The average Bonchev–Trinajstić information content (AvgIpc) is 3.19. The minimum Gasteiger partial charge on any atom is -0.367 e. The zero-order valence-electron chi connectivity index (χ0n) is 14.3. The van der Waals surface area contributed by atoms with E-state index >= 15 is 0 Å². The maximum Gasteiger partial charge on any atom is 0.101 e. The van der Waals surface area contributed by atoms with Gasteiger partial charge >= 0.3 is 0 Å². The van der Waals surface area contributed by atoms with Gasteiger partial charge in [0.15, 0.2) is 0 Å². The molecule has 0 aliphatic heterocycles. The van der Waals surface area contributed by atoms with Crippen LogP contribution in [0.1, 0.15) is 17.2 Å². The molecule has 1 aromatic heterocycles. The van der Waals surface area contributed by atoms with Crippen molar-refractivity contribution in [3.8, 4) is 0 Å². The number of aromatic nitrogens is 2. The fraction of sp³-hybridized carbons (Fsp3) is 0.136. The third kappa shape index (κ3) is 3.71. The van der Waals surface area contributed by atoms with Crippen molar-refractivity contribution in [2.45, 2.75) is 19.3 Å². The van der Waals surface area contributed by atoms with Gasteiger partial charge in [-0.05, 0) is 28.0 Å². The lowest BCUT2D eigenvalue weighted by Crippen LogP contribution is -2.12. The lowest BCUT2D eigenvalue weighted by atomic mass is 10.00. The molecule has 4 aromatic rings. The highest BCUT2D eigenvalue weighted by molar-refractivity contribution is 9.10. The summed E-state index contributed by atoms with van der Waals surface area (Å²) in [5.74, 6) is 0. The summed E-state index contributed by atoms with van der Waals surface area (Å²) in [6, 6.07) is 23.0. The third-order valence-electron chi connectivity index (χ3n) is 4.50. The molecule has 26 heavy (non-hydrogen) atoms. The van der Waals surface area contributed by atoms with Crippen LogP contribution < -0.4 is 0 Å². The van der Waals surface area contributed by atoms with Gasteiger partial charge < -0.3 is 9.30 Å². The fourth-order valence-corrected chi connectivity index (χ4v) is 3.56. The van der Waals surface area contributed by atoms with Gasteiger partial charge in [0.2, 0.25) is 0 Å². The van der Waals surface area contributed by atoms with Crippen LogP contribution in [-0.2, 0) is 17.9 Å². The number of nitrogens with zero attached hydrogens (tertiary/aromatic N) is 2. The van der Waals surface area contributed by atoms with Gasteiger partial charge in [-0.15, -0.1) is 0 Å². The fourth-order valence-electron chi connectivity index (χ4n) is 3.16. The van der Waals surface area contributed by atoms with Crippen molar-refractivity contribution < 1.29 is 4.74 Å². The molecule has 1 unspecified atom stereocenters. The van der Waals surface area contributed by atoms with Crippen LogP contribution in [-0.4, -0.2) is 9.55 Å². The molecule has 3 nitrogen and oxygen atoms in total. The number of rotatable bonds is 6. The zero-order valence-corrected chi connectivity index (χ0v) is 15.8. The molecule has 0 spiro atoms. The van der Waals surface area contributed by atoms with Gasteiger partial charge in [0, 0.05) is 16.9 Å². The van der Waals surface area contributed by atoms with Crippen molar-refractivity contribution in [1.82, 2.24) is 9.55 Å². The molecule has 3 aromatic carbocycles. The molecule has 0 amide bonds. The van der Waals surface area contributed by atoms with Crippen LogP contribution in [0.25, 0.3) is 10.8 Å². The molecular formula is C22H19BrN2O. The molecule has 0 fully saturated rings. The summed E-state index contributed by atoms with van der Waals surface area (Å²) in [5.41, 5.74) is 2.34. The molecule has 0 saturated heterocycles. The second-order valence-corrected chi connectivity index (χ2v) is 7.07. The van der Waals surface area contributed by atoms with Crippen LogP contribution in [0.4, 0.5) is 0 Å². The average molecular weight is 407 g/mol. The van der Waals surface area contributed by atoms with E-state index in [0.29, 0.717) is 6.61 Å². The van der Waals surface area contributed by atoms with E-state index in [1.807, 2.05) is 30.7 Å². The minimum absolute atomic E-state index is 0.0672. The van der Waals surface area contributed by atoms with Crippen LogP contribution in [0.5, 0.6) is 0 Å². The second kappa shape index (κ2) is 7.85. The van der Waals surface area contributed by atoms with Crippen LogP contribution in [0.2, 0.25) is 0 Å². The highest BCUT2D eigenvalue weighted by atomic mass is 79.9. The van der Waals surface area contributed by atoms with Crippen LogP contribution in [0.15, 0.2) is 89.9 Å². The lowest BCUT2D eigenvalue weighted by Gasteiger charge is -2.21. The van der Waals surface area contributed by atoms with Crippen molar-refractivity contribution in [3.05, 3.63) is 101 Å². The first-order valence-electron chi connectivity index (χ1n) is 8.59. The van der Waals surface area contributed by atoms with E-state index in [-0.39, 0.29) is 6.10 Å². The highest BCUT2D eigenvalue weighted by Gasteiger charge is 2.16. The Morgan fingerprint density at radius 3 is 2.62 bits per heavy atom. The topological polar surface area (TPSA) is 27.1 Å². The maximum atomic E-state index is 6.40. The Labute approximate surface area is 161 Å². The number of hydrogen-bond donors (Lipinski definition) is 0. The molecule has 0 N–H and O–H groups in total. The second-order valence-electron chi connectivity index (χ2n) is 6.22. The molecule has 0 aliphatic carbocycles. The summed E-state index contributed by atoms with van der Waals surface area (Å²) in [6.07, 6.45) is 5.54. The molecule has 130 valence electrons. The van der Waals surface area contributed by atoms with Gasteiger partial charge in [-0.25, -0.2) is 4.98 Å². The first-order valence-corrected chi connectivity index (χ1v) is 9.39. The number of benzene rings is 3. The van der Waals surface area contributed by atoms with Crippen LogP contribution in [0.3, 0.4) is 0 Å². The van der Waals surface area contributed by atoms with Crippen LogP contribution in [0, 0.1) is 0 Å². The Morgan fingerprint density at radius 2 is 1.77 bits per heavy atom. The predicted molar refractivity (Wildman–Crippen MR) is 108 cm³/mol. The van der Waals surface area contributed by atoms with Gasteiger partial charge in [0.25, 0.3) is 0 Å². The van der Waals surface area contributed by atoms with Crippen molar-refractivity contribution in [3.63, 3.8) is 0 Å². The summed E-state index contributed by atoms with van der Waals surface area (Å²) >= 11 is 3.61. The van der Waals surface area contributed by atoms with E-state index < -0.39 is 0 Å². The monoisotopic (exact) mass is 406 g/mol. The normalized spacial score (nSPS) is 12.3. The maximum absolute atomic E-state index is 6.40. The quantitative estimate of drug-likeness (QED) is 0.407. The van der Waals surface area contributed by atoms with E-state index in [1.165, 1.54) is 16.3 Å². The van der Waals surface area contributed by atoms with E-state index in [2.05, 4.69) is 74.0 Å². The van der Waals surface area contributed by atoms with E-state index in [0.717, 1.165) is 16.6 Å². The van der Waals surface area contributed by atoms with Crippen molar-refractivity contribution in [2.75, 3.05) is 0 Å². The lowest BCUT2D eigenvalue weighted by molar-refractivity contribution is 0.0286. The Hall–Kier alpha value is -2.43. The van der Waals surface area contributed by atoms with Crippen molar-refractivity contribution in [1.29, 1.82) is 0 Å². The standard InChI is InChI=1S/C22H19BrN2O/c23-21-11-4-2-7-18(21)15-26-22(14-25-13-12-24-16-25)20-10-5-8-17-6-1-3-9-19(17)20/h1-13,16,22H,14-15H2. The molecule has 0 saturated carbocycles. The first-order chi connectivity index (χ1) is 12.8. The Bertz CT molecular complexity index is 993. The molecule has 4 heteroatoms. The molecule has 1 atom stereocenters. The highest BCUT2D eigenvalue weighted by Crippen LogP contribution is 2.29. The van der Waals surface area contributed by atoms with Gasteiger partial charge in [0.05, 0.1) is 19.5 Å². The Morgan fingerprint density at radius 1 is 0.962 bits per heavy atom. The number of ether oxygens (including phenoxy) is 1. The number of halogens is 1. The molecular weight excluding hydrogens is 388 g/mol. The van der Waals surface area contributed by atoms with Gasteiger partial charge in [0.1, 0.15) is 6.10 Å². The van der Waals surface area contributed by atoms with E-state index in [1.54, 1.807) is 6.20 Å². The summed E-state index contributed by atoms with van der Waals surface area (Å²) in [7, 11) is 0. The molecule has 4 rings (SSSR count). The summed E-state index contributed by atoms with van der Waals surface area (Å²) in [5, 5.41) is 2.46. The van der Waals surface area contributed by atoms with Gasteiger partial charge in [-0.3, -0.25) is 0 Å². The zero-order chi connectivity index (χ0) is 17.8. The SMILES string of the molecule is Brc1ccccc1COC(Cn1ccnc1)c1cccc2ccccc12. The Kier molecular flexibility index (Phi) is 5.14. The smallest absolute Gasteiger partial charge is 0.101 e. The summed E-state index contributed by atoms with van der Waals surface area (Å²) in [6.45, 7) is 1.27. The predicted octanol–water partition coefficient (Wildman–Crippen LogP) is 5.76. The Balaban J connectivity index is 1.67. The van der Waals surface area contributed by atoms with E-state index in [4.69, 9.17) is 4.74 Å². The van der Waals surface area contributed by atoms with Crippen molar-refractivity contribution in [2.24, 2.45) is 0 Å². The van der Waals surface area contributed by atoms with Crippen molar-refractivity contribution >= 4 is 26.7 Å². The van der Waals surface area contributed by atoms with Crippen LogP contribution >= 0.6 is 15.9 Å². The van der Waals surface area contributed by atoms with Gasteiger partial charge in [-0.2, -0.15) is 0 Å². The molecule has 0 radical (unpaired) electrons. The number of hydrogen-bond acceptors (Lipinski definition) is 2. The van der Waals surface area contributed by atoms with E-state index in [9.17, 15) is 0 Å². The minimum atomic E-state index is -0.0672. The number of fused-ring (bicyclic) bond motifs is 1. The third-order valence-corrected chi connectivity index (χ3v) is 5.28. The largest absolute Gasteiger partial charge is 0.367 e. The first kappa shape index (κ1) is 17.0. The number of imidazole rings is 1. The summed E-state index contributed by atoms with van der Waals surface area (Å²) in [4.78, 5) is 4.16. The molecule has 0 aliphatic rings. The summed E-state index contributed by atoms with van der Waals surface area (Å²) < 4.78 is 9.53.